The lowest BCUT2D eigenvalue weighted by atomic mass is 10.2. The minimum absolute atomic E-state index is 0.00509. The van der Waals surface area contributed by atoms with Crippen LogP contribution < -0.4 is 10.1 Å². The largest absolute Gasteiger partial charge is 0.497 e. The first kappa shape index (κ1) is 16.4. The van der Waals surface area contributed by atoms with E-state index in [0.717, 1.165) is 11.3 Å². The number of hydrogen-bond acceptors (Lipinski definition) is 5. The summed E-state index contributed by atoms with van der Waals surface area (Å²) < 4.78 is 5.12. The monoisotopic (exact) mass is 320 g/mol. The molecule has 2 N–H and O–H groups in total. The lowest BCUT2D eigenvalue weighted by Crippen LogP contribution is -2.28. The number of thioether (sulfide) groups is 1. The highest BCUT2D eigenvalue weighted by Crippen LogP contribution is 2.21. The fraction of sp³-hybridized carbons (Fsp3) is 0.400. The van der Waals surface area contributed by atoms with Crippen LogP contribution in [0.25, 0.3) is 11.4 Å². The second-order valence-corrected chi connectivity index (χ2v) is 6.12. The molecule has 2 rings (SSSR count). The molecule has 0 bridgehead atoms. The third-order valence-electron chi connectivity index (χ3n) is 2.87. The molecule has 0 spiro atoms. The van der Waals surface area contributed by atoms with Gasteiger partial charge in [0.05, 0.1) is 12.9 Å². The average molecular weight is 320 g/mol. The first-order chi connectivity index (χ1) is 10.6. The van der Waals surface area contributed by atoms with Crippen LogP contribution in [0.2, 0.25) is 0 Å². The van der Waals surface area contributed by atoms with Gasteiger partial charge >= 0.3 is 0 Å². The number of aromatic amines is 1. The summed E-state index contributed by atoms with van der Waals surface area (Å²) in [5.74, 6) is 2.22. The Morgan fingerprint density at radius 2 is 2.09 bits per heavy atom. The van der Waals surface area contributed by atoms with E-state index in [1.54, 1.807) is 7.11 Å². The predicted molar refractivity (Wildman–Crippen MR) is 86.9 cm³/mol. The molecule has 0 atom stereocenters. The van der Waals surface area contributed by atoms with Gasteiger partial charge in [-0.1, -0.05) is 25.6 Å². The van der Waals surface area contributed by atoms with Crippen LogP contribution in [-0.2, 0) is 4.79 Å². The zero-order chi connectivity index (χ0) is 15.9. The molecule has 1 amide bonds. The molecule has 0 unspecified atom stereocenters. The maximum Gasteiger partial charge on any atom is 0.230 e. The van der Waals surface area contributed by atoms with Gasteiger partial charge in [-0.3, -0.25) is 9.89 Å². The predicted octanol–water partition coefficient (Wildman–Crippen LogP) is 2.34. The molecule has 22 heavy (non-hydrogen) atoms. The van der Waals surface area contributed by atoms with E-state index < -0.39 is 0 Å². The highest BCUT2D eigenvalue weighted by Gasteiger charge is 2.09. The van der Waals surface area contributed by atoms with E-state index in [1.165, 1.54) is 11.8 Å². The standard InChI is InChI=1S/C15H20N4O2S/c1-10(2)8-16-13(20)9-22-15-17-14(18-19-15)11-4-6-12(21-3)7-5-11/h4-7,10H,8-9H2,1-3H3,(H,16,20)(H,17,18,19). The van der Waals surface area contributed by atoms with Gasteiger partial charge in [-0.15, -0.1) is 5.10 Å². The number of benzene rings is 1. The van der Waals surface area contributed by atoms with Crippen LogP contribution >= 0.6 is 11.8 Å². The van der Waals surface area contributed by atoms with Crippen molar-refractivity contribution in [2.45, 2.75) is 19.0 Å². The van der Waals surface area contributed by atoms with Gasteiger partial charge < -0.3 is 10.1 Å². The van der Waals surface area contributed by atoms with Gasteiger partial charge in [-0.2, -0.15) is 0 Å². The summed E-state index contributed by atoms with van der Waals surface area (Å²) in [5.41, 5.74) is 0.921. The number of H-pyrrole nitrogens is 1. The first-order valence-electron chi connectivity index (χ1n) is 7.05. The SMILES string of the molecule is COc1ccc(-c2nc(SCC(=O)NCC(C)C)n[nH]2)cc1. The van der Waals surface area contributed by atoms with Gasteiger partial charge in [-0.05, 0) is 30.2 Å². The number of rotatable bonds is 7. The third-order valence-corrected chi connectivity index (χ3v) is 3.72. The lowest BCUT2D eigenvalue weighted by Gasteiger charge is -2.05. The lowest BCUT2D eigenvalue weighted by molar-refractivity contribution is -0.118. The summed E-state index contributed by atoms with van der Waals surface area (Å²) in [5, 5.41) is 10.4. The molecule has 1 aromatic carbocycles. The van der Waals surface area contributed by atoms with Gasteiger partial charge in [-0.25, -0.2) is 4.98 Å². The quantitative estimate of drug-likeness (QED) is 0.766. The zero-order valence-corrected chi connectivity index (χ0v) is 13.7. The second-order valence-electron chi connectivity index (χ2n) is 5.18. The van der Waals surface area contributed by atoms with Crippen molar-refractivity contribution >= 4 is 17.7 Å². The second kappa shape index (κ2) is 7.84. The molecule has 6 nitrogen and oxygen atoms in total. The van der Waals surface area contributed by atoms with Gasteiger partial charge in [0.15, 0.2) is 5.82 Å². The fourth-order valence-electron chi connectivity index (χ4n) is 1.69. The highest BCUT2D eigenvalue weighted by molar-refractivity contribution is 7.99. The van der Waals surface area contributed by atoms with E-state index in [1.807, 2.05) is 24.3 Å². The van der Waals surface area contributed by atoms with Crippen LogP contribution in [0.3, 0.4) is 0 Å². The molecular weight excluding hydrogens is 300 g/mol. The number of ether oxygens (including phenoxy) is 1. The number of nitrogens with one attached hydrogen (secondary N) is 2. The summed E-state index contributed by atoms with van der Waals surface area (Å²) in [6, 6.07) is 7.54. The highest BCUT2D eigenvalue weighted by atomic mass is 32.2. The maximum absolute atomic E-state index is 11.7. The molecule has 0 aliphatic carbocycles. The van der Waals surface area contributed by atoms with Crippen molar-refractivity contribution in [3.05, 3.63) is 24.3 Å². The van der Waals surface area contributed by atoms with Crippen LogP contribution in [0, 0.1) is 5.92 Å². The molecule has 1 heterocycles. The minimum atomic E-state index is -0.00509. The molecule has 0 saturated carbocycles. The molecule has 2 aromatic rings. The van der Waals surface area contributed by atoms with Gasteiger partial charge in [0.1, 0.15) is 5.75 Å². The van der Waals surface area contributed by atoms with Crippen molar-refractivity contribution in [2.75, 3.05) is 19.4 Å². The van der Waals surface area contributed by atoms with E-state index >= 15 is 0 Å². The smallest absolute Gasteiger partial charge is 0.230 e. The summed E-state index contributed by atoms with van der Waals surface area (Å²) in [7, 11) is 1.63. The Kier molecular flexibility index (Phi) is 5.83. The molecule has 0 radical (unpaired) electrons. The molecule has 0 aliphatic rings. The van der Waals surface area contributed by atoms with Gasteiger partial charge in [0, 0.05) is 12.1 Å². The first-order valence-corrected chi connectivity index (χ1v) is 8.03. The van der Waals surface area contributed by atoms with Crippen LogP contribution in [0.5, 0.6) is 5.75 Å². The number of carbonyl (C=O) groups excluding carboxylic acids is 1. The Bertz CT molecular complexity index is 610. The number of aromatic nitrogens is 3. The fourth-order valence-corrected chi connectivity index (χ4v) is 2.32. The Balaban J connectivity index is 1.89. The molecule has 1 aromatic heterocycles. The van der Waals surface area contributed by atoms with Gasteiger partial charge in [0.25, 0.3) is 0 Å². The van der Waals surface area contributed by atoms with E-state index in [0.29, 0.717) is 29.2 Å². The van der Waals surface area contributed by atoms with Crippen molar-refractivity contribution in [3.8, 4) is 17.1 Å². The average Bonchev–Trinajstić information content (AvgIpc) is 3.00. The summed E-state index contributed by atoms with van der Waals surface area (Å²) >= 11 is 1.31. The normalized spacial score (nSPS) is 10.7. The van der Waals surface area contributed by atoms with E-state index in [4.69, 9.17) is 4.74 Å². The number of hydrogen-bond donors (Lipinski definition) is 2. The van der Waals surface area contributed by atoms with Crippen LogP contribution in [0.1, 0.15) is 13.8 Å². The molecule has 0 saturated heterocycles. The number of amides is 1. The van der Waals surface area contributed by atoms with Crippen LogP contribution in [-0.4, -0.2) is 40.5 Å². The summed E-state index contributed by atoms with van der Waals surface area (Å²) in [4.78, 5) is 16.0. The summed E-state index contributed by atoms with van der Waals surface area (Å²) in [6.45, 7) is 4.80. The molecule has 0 aliphatic heterocycles. The maximum atomic E-state index is 11.7. The minimum Gasteiger partial charge on any atom is -0.497 e. The van der Waals surface area contributed by atoms with Crippen molar-refractivity contribution in [1.29, 1.82) is 0 Å². The van der Waals surface area contributed by atoms with E-state index in [-0.39, 0.29) is 5.91 Å². The van der Waals surface area contributed by atoms with Crippen molar-refractivity contribution < 1.29 is 9.53 Å². The summed E-state index contributed by atoms with van der Waals surface area (Å²) in [6.07, 6.45) is 0. The number of methoxy groups -OCH3 is 1. The van der Waals surface area contributed by atoms with E-state index in [9.17, 15) is 4.79 Å². The molecule has 7 heteroatoms. The number of carbonyl (C=O) groups is 1. The number of nitrogens with zero attached hydrogens (tertiary/aromatic N) is 2. The Hall–Kier alpha value is -2.02. The molecule has 0 fully saturated rings. The molecule has 118 valence electrons. The van der Waals surface area contributed by atoms with Crippen LogP contribution in [0.4, 0.5) is 0 Å². The Morgan fingerprint density at radius 3 is 2.73 bits per heavy atom. The van der Waals surface area contributed by atoms with Crippen molar-refractivity contribution in [2.24, 2.45) is 5.92 Å². The topological polar surface area (TPSA) is 79.9 Å². The van der Waals surface area contributed by atoms with Crippen molar-refractivity contribution in [3.63, 3.8) is 0 Å². The van der Waals surface area contributed by atoms with Gasteiger partial charge in [0.2, 0.25) is 11.1 Å². The van der Waals surface area contributed by atoms with E-state index in [2.05, 4.69) is 34.3 Å². The molecular formula is C15H20N4O2S. The Morgan fingerprint density at radius 1 is 1.36 bits per heavy atom. The zero-order valence-electron chi connectivity index (χ0n) is 12.9. The van der Waals surface area contributed by atoms with Crippen LogP contribution in [0.15, 0.2) is 29.4 Å². The third kappa shape index (κ3) is 4.77. The van der Waals surface area contributed by atoms with Crippen molar-refractivity contribution in [1.82, 2.24) is 20.5 Å². The Labute approximate surface area is 134 Å².